The number of anilines is 1. The van der Waals surface area contributed by atoms with Crippen LogP contribution in [0.25, 0.3) is 0 Å². The van der Waals surface area contributed by atoms with Crippen LogP contribution in [-0.4, -0.2) is 29.1 Å². The first-order valence-corrected chi connectivity index (χ1v) is 5.27. The molecule has 3 N–H and O–H groups in total. The molecule has 1 saturated heterocycles. The molecule has 0 saturated carbocycles. The number of cyclic esters (lactones) is 1. The third kappa shape index (κ3) is 2.33. The van der Waals surface area contributed by atoms with Gasteiger partial charge >= 0.3 is 6.09 Å². The van der Waals surface area contributed by atoms with E-state index in [-0.39, 0.29) is 17.5 Å². The first kappa shape index (κ1) is 12.1. The number of amides is 1. The molecule has 1 fully saturated rings. The van der Waals surface area contributed by atoms with Crippen molar-refractivity contribution in [3.63, 3.8) is 0 Å². The highest BCUT2D eigenvalue weighted by molar-refractivity contribution is 5.69. The van der Waals surface area contributed by atoms with Gasteiger partial charge in [-0.25, -0.2) is 4.79 Å². The van der Waals surface area contributed by atoms with Crippen LogP contribution in [0.3, 0.4) is 0 Å². The van der Waals surface area contributed by atoms with E-state index in [4.69, 9.17) is 10.6 Å². The van der Waals surface area contributed by atoms with Crippen molar-refractivity contribution in [2.24, 2.45) is 5.84 Å². The summed E-state index contributed by atoms with van der Waals surface area (Å²) in [6.07, 6.45) is -0.379. The summed E-state index contributed by atoms with van der Waals surface area (Å²) in [4.78, 5) is 23.0. The number of carbonyl (C=O) groups is 1. The van der Waals surface area contributed by atoms with Gasteiger partial charge in [0.1, 0.15) is 12.3 Å². The van der Waals surface area contributed by atoms with Gasteiger partial charge in [0, 0.05) is 12.6 Å². The number of nitro benzene ring substituents is 1. The Hall–Kier alpha value is -2.35. The molecule has 1 aromatic carbocycles. The zero-order valence-electron chi connectivity index (χ0n) is 9.46. The fourth-order valence-corrected chi connectivity index (χ4v) is 1.75. The molecule has 8 heteroatoms. The number of nitro groups is 1. The fourth-order valence-electron chi connectivity index (χ4n) is 1.75. The van der Waals surface area contributed by atoms with Crippen LogP contribution >= 0.6 is 0 Å². The van der Waals surface area contributed by atoms with E-state index in [2.05, 4.69) is 5.43 Å². The second-order valence-corrected chi connectivity index (χ2v) is 3.79. The highest BCUT2D eigenvalue weighted by Gasteiger charge is 2.22. The first-order valence-electron chi connectivity index (χ1n) is 5.27. The molecule has 1 amide bonds. The number of nitrogen functional groups attached to an aromatic ring is 1. The Morgan fingerprint density at radius 1 is 1.56 bits per heavy atom. The zero-order valence-corrected chi connectivity index (χ0v) is 9.46. The summed E-state index contributed by atoms with van der Waals surface area (Å²) in [6.45, 7) is 1.22. The van der Waals surface area contributed by atoms with Gasteiger partial charge in [0.05, 0.1) is 11.5 Å². The monoisotopic (exact) mass is 252 g/mol. The van der Waals surface area contributed by atoms with Crippen LogP contribution in [0.15, 0.2) is 18.2 Å². The molecule has 1 aromatic rings. The van der Waals surface area contributed by atoms with Crippen LogP contribution in [-0.2, 0) is 11.3 Å². The molecule has 2 rings (SSSR count). The molecule has 0 aromatic heterocycles. The van der Waals surface area contributed by atoms with Crippen LogP contribution in [0.2, 0.25) is 0 Å². The molecule has 0 atom stereocenters. The highest BCUT2D eigenvalue weighted by atomic mass is 16.6. The number of benzene rings is 1. The molecule has 0 radical (unpaired) electrons. The molecule has 1 aliphatic heterocycles. The lowest BCUT2D eigenvalue weighted by Gasteiger charge is -2.13. The number of hydrazine groups is 1. The smallest absolute Gasteiger partial charge is 0.410 e. The van der Waals surface area contributed by atoms with Gasteiger partial charge in [0.25, 0.3) is 5.69 Å². The molecule has 0 spiro atoms. The average Bonchev–Trinajstić information content (AvgIpc) is 2.74. The van der Waals surface area contributed by atoms with Crippen molar-refractivity contribution in [2.45, 2.75) is 6.54 Å². The molecular weight excluding hydrogens is 240 g/mol. The lowest BCUT2D eigenvalue weighted by atomic mass is 10.1. The van der Waals surface area contributed by atoms with Crippen molar-refractivity contribution in [1.82, 2.24) is 4.90 Å². The molecule has 96 valence electrons. The second kappa shape index (κ2) is 4.88. The first-order chi connectivity index (χ1) is 8.61. The number of hydrogen-bond donors (Lipinski definition) is 2. The van der Waals surface area contributed by atoms with Crippen LogP contribution in [0, 0.1) is 10.1 Å². The van der Waals surface area contributed by atoms with Crippen molar-refractivity contribution in [2.75, 3.05) is 18.6 Å². The minimum absolute atomic E-state index is 0.106. The summed E-state index contributed by atoms with van der Waals surface area (Å²) in [5.41, 5.74) is 3.13. The fraction of sp³-hybridized carbons (Fsp3) is 0.300. The molecule has 1 heterocycles. The largest absolute Gasteiger partial charge is 0.448 e. The minimum atomic E-state index is -0.525. The average molecular weight is 252 g/mol. The summed E-state index contributed by atoms with van der Waals surface area (Å²) < 4.78 is 4.79. The molecule has 18 heavy (non-hydrogen) atoms. The van der Waals surface area contributed by atoms with Crippen LogP contribution in [0.5, 0.6) is 0 Å². The Kier molecular flexibility index (Phi) is 3.28. The topological polar surface area (TPSA) is 111 Å². The van der Waals surface area contributed by atoms with Gasteiger partial charge in [0.2, 0.25) is 0 Å². The van der Waals surface area contributed by atoms with Crippen LogP contribution in [0.4, 0.5) is 16.2 Å². The van der Waals surface area contributed by atoms with Gasteiger partial charge in [-0.15, -0.1) is 0 Å². The maximum absolute atomic E-state index is 11.3. The van der Waals surface area contributed by atoms with Gasteiger partial charge < -0.3 is 15.1 Å². The number of ether oxygens (including phenoxy) is 1. The van der Waals surface area contributed by atoms with E-state index in [0.717, 1.165) is 5.56 Å². The van der Waals surface area contributed by atoms with Gasteiger partial charge in [-0.05, 0) is 11.6 Å². The number of rotatable bonds is 4. The zero-order chi connectivity index (χ0) is 13.1. The van der Waals surface area contributed by atoms with E-state index in [1.807, 2.05) is 0 Å². The van der Waals surface area contributed by atoms with E-state index >= 15 is 0 Å². The number of hydrogen-bond acceptors (Lipinski definition) is 6. The van der Waals surface area contributed by atoms with Crippen LogP contribution < -0.4 is 11.3 Å². The van der Waals surface area contributed by atoms with E-state index in [1.165, 1.54) is 11.0 Å². The summed E-state index contributed by atoms with van der Waals surface area (Å²) >= 11 is 0. The van der Waals surface area contributed by atoms with Gasteiger partial charge in [0.15, 0.2) is 0 Å². The van der Waals surface area contributed by atoms with E-state index in [1.54, 1.807) is 12.1 Å². The Morgan fingerprint density at radius 2 is 2.33 bits per heavy atom. The number of nitrogens with zero attached hydrogens (tertiary/aromatic N) is 2. The molecule has 0 bridgehead atoms. The molecule has 0 unspecified atom stereocenters. The van der Waals surface area contributed by atoms with Gasteiger partial charge in [-0.2, -0.15) is 0 Å². The standard InChI is InChI=1S/C10H12N4O4/c11-12-8-5-7(1-2-9(8)14(16)17)6-13-3-4-18-10(13)15/h1-2,5,12H,3-4,6,11H2. The van der Waals surface area contributed by atoms with Gasteiger partial charge in [-0.1, -0.05) is 6.07 Å². The Labute approximate surface area is 102 Å². The van der Waals surface area contributed by atoms with Gasteiger partial charge in [-0.3, -0.25) is 16.0 Å². The minimum Gasteiger partial charge on any atom is -0.448 e. The predicted octanol–water partition coefficient (Wildman–Crippen LogP) is 0.833. The highest BCUT2D eigenvalue weighted by Crippen LogP contribution is 2.25. The van der Waals surface area contributed by atoms with E-state index < -0.39 is 4.92 Å². The second-order valence-electron chi connectivity index (χ2n) is 3.79. The summed E-state index contributed by atoms with van der Waals surface area (Å²) in [5.74, 6) is 5.23. The summed E-state index contributed by atoms with van der Waals surface area (Å²) in [7, 11) is 0. The van der Waals surface area contributed by atoms with Crippen molar-refractivity contribution in [3.8, 4) is 0 Å². The Morgan fingerprint density at radius 3 is 2.89 bits per heavy atom. The summed E-state index contributed by atoms with van der Waals surface area (Å²) in [5, 5.41) is 10.7. The maximum Gasteiger partial charge on any atom is 0.410 e. The van der Waals surface area contributed by atoms with Crippen molar-refractivity contribution in [1.29, 1.82) is 0 Å². The predicted molar refractivity (Wildman–Crippen MR) is 62.7 cm³/mol. The van der Waals surface area contributed by atoms with Crippen LogP contribution in [0.1, 0.15) is 5.56 Å². The lowest BCUT2D eigenvalue weighted by molar-refractivity contribution is -0.384. The number of nitrogens with one attached hydrogen (secondary N) is 1. The van der Waals surface area contributed by atoms with Crippen molar-refractivity contribution in [3.05, 3.63) is 33.9 Å². The SMILES string of the molecule is NNc1cc(CN2CCOC2=O)ccc1[N+](=O)[O-]. The van der Waals surface area contributed by atoms with E-state index in [9.17, 15) is 14.9 Å². The van der Waals surface area contributed by atoms with Crippen molar-refractivity contribution < 1.29 is 14.5 Å². The molecule has 0 aliphatic carbocycles. The molecule has 1 aliphatic rings. The lowest BCUT2D eigenvalue weighted by Crippen LogP contribution is -2.23. The third-order valence-electron chi connectivity index (χ3n) is 2.63. The van der Waals surface area contributed by atoms with E-state index in [0.29, 0.717) is 19.7 Å². The Bertz CT molecular complexity index is 491. The molecule has 8 nitrogen and oxygen atoms in total. The quantitative estimate of drug-likeness (QED) is 0.466. The normalized spacial score (nSPS) is 14.5. The maximum atomic E-state index is 11.3. The molecular formula is C10H12N4O4. The Balaban J connectivity index is 2.19. The van der Waals surface area contributed by atoms with Crippen molar-refractivity contribution >= 4 is 17.5 Å². The number of nitrogens with two attached hydrogens (primary N) is 1. The third-order valence-corrected chi connectivity index (χ3v) is 2.63. The summed E-state index contributed by atoms with van der Waals surface area (Å²) in [6, 6.07) is 4.49. The number of carbonyl (C=O) groups excluding carboxylic acids is 1.